The summed E-state index contributed by atoms with van der Waals surface area (Å²) in [5, 5.41) is 14.1. The molecule has 0 aromatic carbocycles. The fourth-order valence-corrected chi connectivity index (χ4v) is 2.13. The molecule has 0 fully saturated rings. The Morgan fingerprint density at radius 3 is 2.68 bits per heavy atom. The van der Waals surface area contributed by atoms with Crippen LogP contribution in [-0.4, -0.2) is 28.2 Å². The summed E-state index contributed by atoms with van der Waals surface area (Å²) in [6, 6.07) is -0.950. The maximum absolute atomic E-state index is 11.5. The number of nitrogens with one attached hydrogen (secondary N) is 1. The van der Waals surface area contributed by atoms with Crippen molar-refractivity contribution >= 4 is 23.4 Å². The average Bonchev–Trinajstić information content (AvgIpc) is 2.80. The number of carboxylic acid groups (broad SMARTS) is 1. The first-order chi connectivity index (χ1) is 8.93. The predicted octanol–water partition coefficient (Wildman–Crippen LogP) is 2.04. The zero-order valence-electron chi connectivity index (χ0n) is 11.2. The molecule has 1 aromatic heterocycles. The molecule has 0 saturated heterocycles. The third-order valence-electron chi connectivity index (χ3n) is 2.46. The summed E-state index contributed by atoms with van der Waals surface area (Å²) >= 11 is 1.51. The number of hydrogen-bond acceptors (Lipinski definition) is 5. The molecule has 2 N–H and O–H groups in total. The van der Waals surface area contributed by atoms with Crippen LogP contribution in [0.1, 0.15) is 31.5 Å². The molecule has 6 nitrogen and oxygen atoms in total. The number of rotatable bonds is 6. The number of aliphatic carboxylic acids is 1. The number of carbonyl (C=O) groups excluding carboxylic acids is 1. The van der Waals surface area contributed by atoms with Crippen LogP contribution < -0.4 is 5.32 Å². The second-order valence-corrected chi connectivity index (χ2v) is 5.31. The minimum atomic E-state index is -1.08. The smallest absolute Gasteiger partial charge is 0.408 e. The molecule has 19 heavy (non-hydrogen) atoms. The molecule has 1 amide bonds. The Labute approximate surface area is 115 Å². The quantitative estimate of drug-likeness (QED) is 0.835. The number of alkyl carbamates (subject to hydrolysis) is 1. The number of amides is 1. The maximum atomic E-state index is 11.5. The molecule has 0 aliphatic carbocycles. The summed E-state index contributed by atoms with van der Waals surface area (Å²) in [7, 11) is 0. The lowest BCUT2D eigenvalue weighted by molar-refractivity contribution is -0.140. The number of thiazole rings is 1. The molecule has 0 spiro atoms. The summed E-state index contributed by atoms with van der Waals surface area (Å²) < 4.78 is 4.95. The van der Waals surface area contributed by atoms with Crippen LogP contribution in [0, 0.1) is 5.92 Å². The van der Waals surface area contributed by atoms with E-state index in [4.69, 9.17) is 9.84 Å². The minimum Gasteiger partial charge on any atom is -0.480 e. The van der Waals surface area contributed by atoms with Gasteiger partial charge in [-0.3, -0.25) is 0 Å². The number of ether oxygens (including phenoxy) is 1. The van der Waals surface area contributed by atoms with Crippen molar-refractivity contribution in [2.45, 2.75) is 39.8 Å². The molecule has 0 saturated carbocycles. The van der Waals surface area contributed by atoms with Crippen LogP contribution in [0.25, 0.3) is 0 Å². The Morgan fingerprint density at radius 2 is 2.21 bits per heavy atom. The topological polar surface area (TPSA) is 88.5 Å². The van der Waals surface area contributed by atoms with Gasteiger partial charge in [0.25, 0.3) is 0 Å². The second kappa shape index (κ2) is 7.08. The average molecular weight is 286 g/mol. The summed E-state index contributed by atoms with van der Waals surface area (Å²) in [5.74, 6) is -1.29. The standard InChI is InChI=1S/C12H18N2O4S/c1-4-9-13-8(6-19-9)5-18-12(17)14-10(7(2)3)11(15)16/h6-7,10H,4-5H2,1-3H3,(H,14,17)(H,15,16)/t10-/m0/s1. The zero-order valence-corrected chi connectivity index (χ0v) is 12.0. The number of aryl methyl sites for hydroxylation is 1. The van der Waals surface area contributed by atoms with E-state index in [1.807, 2.05) is 12.3 Å². The lowest BCUT2D eigenvalue weighted by Crippen LogP contribution is -2.44. The van der Waals surface area contributed by atoms with Gasteiger partial charge in [0.15, 0.2) is 0 Å². The first-order valence-corrected chi connectivity index (χ1v) is 6.91. The molecule has 1 aromatic rings. The minimum absolute atomic E-state index is 0.0484. The predicted molar refractivity (Wildman–Crippen MR) is 71.1 cm³/mol. The van der Waals surface area contributed by atoms with E-state index in [9.17, 15) is 9.59 Å². The van der Waals surface area contributed by atoms with Crippen LogP contribution in [0.5, 0.6) is 0 Å². The highest BCUT2D eigenvalue weighted by molar-refractivity contribution is 7.09. The number of aromatic nitrogens is 1. The highest BCUT2D eigenvalue weighted by Crippen LogP contribution is 2.11. The van der Waals surface area contributed by atoms with E-state index in [2.05, 4.69) is 10.3 Å². The van der Waals surface area contributed by atoms with Crippen LogP contribution in [0.2, 0.25) is 0 Å². The number of carbonyl (C=O) groups is 2. The molecule has 1 rings (SSSR count). The van der Waals surface area contributed by atoms with Gasteiger partial charge < -0.3 is 15.2 Å². The van der Waals surface area contributed by atoms with Gasteiger partial charge in [-0.15, -0.1) is 11.3 Å². The Kier molecular flexibility index (Phi) is 5.75. The molecule has 1 atom stereocenters. The van der Waals surface area contributed by atoms with E-state index in [0.717, 1.165) is 11.4 Å². The molecular formula is C12H18N2O4S. The van der Waals surface area contributed by atoms with E-state index < -0.39 is 18.1 Å². The molecule has 0 bridgehead atoms. The van der Waals surface area contributed by atoms with Crippen molar-refractivity contribution in [1.29, 1.82) is 0 Å². The largest absolute Gasteiger partial charge is 0.480 e. The second-order valence-electron chi connectivity index (χ2n) is 4.37. The van der Waals surface area contributed by atoms with Crippen molar-refractivity contribution in [3.63, 3.8) is 0 Å². The SMILES string of the molecule is CCc1nc(COC(=O)N[C@H](C(=O)O)C(C)C)cs1. The van der Waals surface area contributed by atoms with Gasteiger partial charge in [-0.05, 0) is 12.3 Å². The van der Waals surface area contributed by atoms with Crippen molar-refractivity contribution in [3.8, 4) is 0 Å². The zero-order chi connectivity index (χ0) is 14.4. The van der Waals surface area contributed by atoms with E-state index in [0.29, 0.717) is 5.69 Å². The van der Waals surface area contributed by atoms with E-state index >= 15 is 0 Å². The molecule has 7 heteroatoms. The van der Waals surface area contributed by atoms with Crippen molar-refractivity contribution < 1.29 is 19.4 Å². The first-order valence-electron chi connectivity index (χ1n) is 6.03. The van der Waals surface area contributed by atoms with Crippen molar-refractivity contribution in [2.24, 2.45) is 5.92 Å². The Bertz CT molecular complexity index is 445. The van der Waals surface area contributed by atoms with Gasteiger partial charge in [-0.2, -0.15) is 0 Å². The van der Waals surface area contributed by atoms with Crippen LogP contribution >= 0.6 is 11.3 Å². The lowest BCUT2D eigenvalue weighted by Gasteiger charge is -2.17. The normalized spacial score (nSPS) is 12.2. The summed E-state index contributed by atoms with van der Waals surface area (Å²) in [6.45, 7) is 5.48. The first kappa shape index (κ1) is 15.4. The van der Waals surface area contributed by atoms with Gasteiger partial charge in [0.2, 0.25) is 0 Å². The fraction of sp³-hybridized carbons (Fsp3) is 0.583. The maximum Gasteiger partial charge on any atom is 0.408 e. The van der Waals surface area contributed by atoms with Crippen LogP contribution in [-0.2, 0) is 22.6 Å². The van der Waals surface area contributed by atoms with Gasteiger partial charge >= 0.3 is 12.1 Å². The van der Waals surface area contributed by atoms with Crippen LogP contribution in [0.4, 0.5) is 4.79 Å². The van der Waals surface area contributed by atoms with E-state index in [1.54, 1.807) is 13.8 Å². The summed E-state index contributed by atoms with van der Waals surface area (Å²) in [4.78, 5) is 26.7. The molecule has 1 heterocycles. The molecule has 0 radical (unpaired) electrons. The fourth-order valence-electron chi connectivity index (χ4n) is 1.40. The van der Waals surface area contributed by atoms with Crippen molar-refractivity contribution in [2.75, 3.05) is 0 Å². The molecule has 0 aliphatic heterocycles. The number of carboxylic acids is 1. The van der Waals surface area contributed by atoms with Crippen LogP contribution in [0.3, 0.4) is 0 Å². The van der Waals surface area contributed by atoms with Crippen molar-refractivity contribution in [1.82, 2.24) is 10.3 Å². The highest BCUT2D eigenvalue weighted by atomic mass is 32.1. The van der Waals surface area contributed by atoms with Crippen LogP contribution in [0.15, 0.2) is 5.38 Å². The lowest BCUT2D eigenvalue weighted by atomic mass is 10.1. The Morgan fingerprint density at radius 1 is 1.53 bits per heavy atom. The van der Waals surface area contributed by atoms with Gasteiger partial charge in [0.05, 0.1) is 10.7 Å². The third kappa shape index (κ3) is 4.86. The number of hydrogen-bond donors (Lipinski definition) is 2. The van der Waals surface area contributed by atoms with Gasteiger partial charge in [-0.25, -0.2) is 14.6 Å². The Balaban J connectivity index is 2.44. The van der Waals surface area contributed by atoms with E-state index in [-0.39, 0.29) is 12.5 Å². The number of nitrogens with zero attached hydrogens (tertiary/aromatic N) is 1. The molecule has 106 valence electrons. The molecular weight excluding hydrogens is 268 g/mol. The summed E-state index contributed by atoms with van der Waals surface area (Å²) in [6.07, 6.45) is 0.0952. The Hall–Kier alpha value is -1.63. The highest BCUT2D eigenvalue weighted by Gasteiger charge is 2.24. The van der Waals surface area contributed by atoms with Crippen molar-refractivity contribution in [3.05, 3.63) is 16.1 Å². The van der Waals surface area contributed by atoms with Gasteiger partial charge in [0.1, 0.15) is 12.6 Å². The van der Waals surface area contributed by atoms with Gasteiger partial charge in [0, 0.05) is 5.38 Å². The van der Waals surface area contributed by atoms with E-state index in [1.165, 1.54) is 11.3 Å². The molecule has 0 aliphatic rings. The third-order valence-corrected chi connectivity index (χ3v) is 3.50. The monoisotopic (exact) mass is 286 g/mol. The van der Waals surface area contributed by atoms with Gasteiger partial charge in [-0.1, -0.05) is 20.8 Å². The summed E-state index contributed by atoms with van der Waals surface area (Å²) in [5.41, 5.74) is 0.674. The molecule has 0 unspecified atom stereocenters.